The van der Waals surface area contributed by atoms with Crippen molar-refractivity contribution >= 4 is 28.3 Å². The van der Waals surface area contributed by atoms with Gasteiger partial charge in [-0.25, -0.2) is 13.8 Å². The number of alkyl halides is 2. The van der Waals surface area contributed by atoms with E-state index in [1.165, 1.54) is 6.92 Å². The molecule has 0 aliphatic heterocycles. The lowest BCUT2D eigenvalue weighted by atomic mass is 10.3. The van der Waals surface area contributed by atoms with Crippen LogP contribution in [0.2, 0.25) is 0 Å². The molecule has 0 aromatic carbocycles. The summed E-state index contributed by atoms with van der Waals surface area (Å²) >= 11 is 1.65. The zero-order valence-electron chi connectivity index (χ0n) is 7.00. The van der Waals surface area contributed by atoms with Crippen molar-refractivity contribution in [3.05, 3.63) is 31.1 Å². The van der Waals surface area contributed by atoms with Gasteiger partial charge in [-0.15, -0.1) is 0 Å². The van der Waals surface area contributed by atoms with Gasteiger partial charge in [0, 0.05) is 0 Å². The Morgan fingerprint density at radius 2 is 2.21 bits per heavy atom. The number of nitro groups is 1. The number of pyridine rings is 1. The lowest BCUT2D eigenvalue weighted by Gasteiger charge is -2.03. The highest BCUT2D eigenvalue weighted by Gasteiger charge is 2.21. The maximum atomic E-state index is 12.2. The molecule has 1 aromatic heterocycles. The molecule has 1 heterocycles. The first-order chi connectivity index (χ1) is 6.43. The summed E-state index contributed by atoms with van der Waals surface area (Å²) in [4.78, 5) is 13.3. The van der Waals surface area contributed by atoms with Crippen LogP contribution >= 0.6 is 22.6 Å². The highest BCUT2D eigenvalue weighted by atomic mass is 127. The van der Waals surface area contributed by atoms with Gasteiger partial charge in [-0.2, -0.15) is 0 Å². The van der Waals surface area contributed by atoms with Crippen LogP contribution in [-0.2, 0) is 0 Å². The third-order valence-corrected chi connectivity index (χ3v) is 2.37. The molecular formula is C7H5F2IN2O2. The van der Waals surface area contributed by atoms with Crippen LogP contribution < -0.4 is 0 Å². The van der Waals surface area contributed by atoms with Crippen LogP contribution in [0.15, 0.2) is 6.07 Å². The molecule has 0 saturated carbocycles. The van der Waals surface area contributed by atoms with Crippen molar-refractivity contribution in [3.8, 4) is 0 Å². The molecule has 0 atom stereocenters. The molecule has 0 amide bonds. The Morgan fingerprint density at radius 3 is 2.57 bits per heavy atom. The van der Waals surface area contributed by atoms with E-state index in [4.69, 9.17) is 0 Å². The molecule has 0 aliphatic carbocycles. The Balaban J connectivity index is 3.32. The number of aryl methyl sites for hydroxylation is 1. The summed E-state index contributed by atoms with van der Waals surface area (Å²) in [5, 5.41) is 10.5. The van der Waals surface area contributed by atoms with Gasteiger partial charge in [0.2, 0.25) is 0 Å². The minimum atomic E-state index is -2.71. The zero-order valence-corrected chi connectivity index (χ0v) is 9.16. The van der Waals surface area contributed by atoms with Gasteiger partial charge in [0.05, 0.1) is 8.49 Å². The molecule has 1 rings (SSSR count). The van der Waals surface area contributed by atoms with E-state index in [0.29, 0.717) is 0 Å². The van der Waals surface area contributed by atoms with E-state index in [0.717, 1.165) is 6.07 Å². The molecule has 76 valence electrons. The van der Waals surface area contributed by atoms with Crippen molar-refractivity contribution in [3.63, 3.8) is 0 Å². The number of halogens is 3. The van der Waals surface area contributed by atoms with Gasteiger partial charge in [0.15, 0.2) is 0 Å². The molecule has 0 aliphatic rings. The predicted molar refractivity (Wildman–Crippen MR) is 53.3 cm³/mol. The molecule has 14 heavy (non-hydrogen) atoms. The molecule has 1 aromatic rings. The summed E-state index contributed by atoms with van der Waals surface area (Å²) in [6, 6.07) is 1.02. The molecule has 0 unspecified atom stereocenters. The van der Waals surface area contributed by atoms with E-state index in [1.807, 2.05) is 0 Å². The van der Waals surface area contributed by atoms with Crippen LogP contribution in [0.3, 0.4) is 0 Å². The van der Waals surface area contributed by atoms with Gasteiger partial charge >= 0.3 is 5.69 Å². The largest absolute Gasteiger partial charge is 0.303 e. The van der Waals surface area contributed by atoms with Crippen LogP contribution in [0.4, 0.5) is 14.5 Å². The number of hydrogen-bond donors (Lipinski definition) is 0. The normalized spacial score (nSPS) is 10.6. The summed E-state index contributed by atoms with van der Waals surface area (Å²) in [5.74, 6) is 0. The molecule has 0 bridgehead atoms. The minimum Gasteiger partial charge on any atom is -0.258 e. The molecule has 7 heteroatoms. The summed E-state index contributed by atoms with van der Waals surface area (Å²) in [6.07, 6.45) is -2.71. The maximum absolute atomic E-state index is 12.2. The SMILES string of the molecule is Cc1nc(C(F)F)cc(I)c1[N+](=O)[O-]. The van der Waals surface area contributed by atoms with Gasteiger partial charge in [0.1, 0.15) is 11.4 Å². The molecule has 0 spiro atoms. The Hall–Kier alpha value is -0.860. The average Bonchev–Trinajstić information content (AvgIpc) is 2.01. The zero-order chi connectivity index (χ0) is 10.9. The lowest BCUT2D eigenvalue weighted by Crippen LogP contribution is -2.01. The summed E-state index contributed by atoms with van der Waals surface area (Å²) < 4.78 is 24.6. The first-order valence-corrected chi connectivity index (χ1v) is 4.61. The standard InChI is InChI=1S/C7H5F2IN2O2/c1-3-6(12(13)14)4(10)2-5(11-3)7(8)9/h2,7H,1H3. The molecule has 4 nitrogen and oxygen atoms in total. The highest BCUT2D eigenvalue weighted by molar-refractivity contribution is 14.1. The van der Waals surface area contributed by atoms with E-state index in [9.17, 15) is 18.9 Å². The van der Waals surface area contributed by atoms with Crippen LogP contribution in [0.5, 0.6) is 0 Å². The first-order valence-electron chi connectivity index (χ1n) is 3.53. The van der Waals surface area contributed by atoms with E-state index in [-0.39, 0.29) is 15.0 Å². The van der Waals surface area contributed by atoms with Crippen LogP contribution in [0, 0.1) is 20.6 Å². The Labute approximate surface area is 91.6 Å². The fourth-order valence-electron chi connectivity index (χ4n) is 0.981. The second-order valence-electron chi connectivity index (χ2n) is 2.52. The van der Waals surface area contributed by atoms with Gasteiger partial charge in [-0.1, -0.05) is 0 Å². The van der Waals surface area contributed by atoms with Crippen LogP contribution in [0.1, 0.15) is 17.8 Å². The highest BCUT2D eigenvalue weighted by Crippen LogP contribution is 2.27. The van der Waals surface area contributed by atoms with Gasteiger partial charge in [0.25, 0.3) is 6.43 Å². The van der Waals surface area contributed by atoms with Crippen molar-refractivity contribution < 1.29 is 13.7 Å². The number of nitrogens with zero attached hydrogens (tertiary/aromatic N) is 2. The molecular weight excluding hydrogens is 309 g/mol. The summed E-state index contributed by atoms with van der Waals surface area (Å²) in [7, 11) is 0. The summed E-state index contributed by atoms with van der Waals surface area (Å²) in [6.45, 7) is 1.34. The number of rotatable bonds is 2. The van der Waals surface area contributed by atoms with Crippen molar-refractivity contribution in [2.24, 2.45) is 0 Å². The average molecular weight is 314 g/mol. The Kier molecular flexibility index (Phi) is 3.29. The maximum Gasteiger partial charge on any atom is 0.303 e. The summed E-state index contributed by atoms with van der Waals surface area (Å²) in [5.41, 5.74) is -0.635. The second kappa shape index (κ2) is 4.11. The second-order valence-corrected chi connectivity index (χ2v) is 3.68. The van der Waals surface area contributed by atoms with Crippen molar-refractivity contribution in [2.45, 2.75) is 13.3 Å². The van der Waals surface area contributed by atoms with Gasteiger partial charge in [-0.05, 0) is 35.6 Å². The van der Waals surface area contributed by atoms with E-state index in [2.05, 4.69) is 4.98 Å². The molecule has 0 N–H and O–H groups in total. The molecule has 0 fully saturated rings. The third kappa shape index (κ3) is 2.14. The van der Waals surface area contributed by atoms with Crippen molar-refractivity contribution in [1.82, 2.24) is 4.98 Å². The quantitative estimate of drug-likeness (QED) is 0.479. The monoisotopic (exact) mass is 314 g/mol. The predicted octanol–water partition coefficient (Wildman–Crippen LogP) is 2.84. The molecule has 0 saturated heterocycles. The number of hydrogen-bond acceptors (Lipinski definition) is 3. The topological polar surface area (TPSA) is 56.0 Å². The third-order valence-electron chi connectivity index (χ3n) is 1.55. The fraction of sp³-hybridized carbons (Fsp3) is 0.286. The smallest absolute Gasteiger partial charge is 0.258 e. The van der Waals surface area contributed by atoms with E-state index in [1.54, 1.807) is 22.6 Å². The Morgan fingerprint density at radius 1 is 1.64 bits per heavy atom. The first kappa shape index (κ1) is 11.2. The number of aromatic nitrogens is 1. The Bertz CT molecular complexity index is 361. The minimum absolute atomic E-state index is 0.0113. The van der Waals surface area contributed by atoms with Crippen molar-refractivity contribution in [1.29, 1.82) is 0 Å². The molecule has 0 radical (unpaired) electrons. The lowest BCUT2D eigenvalue weighted by molar-refractivity contribution is -0.386. The van der Waals surface area contributed by atoms with Gasteiger partial charge in [-0.3, -0.25) is 10.1 Å². The van der Waals surface area contributed by atoms with Crippen LogP contribution in [0.25, 0.3) is 0 Å². The van der Waals surface area contributed by atoms with Crippen LogP contribution in [-0.4, -0.2) is 9.91 Å². The van der Waals surface area contributed by atoms with Crippen molar-refractivity contribution in [2.75, 3.05) is 0 Å². The van der Waals surface area contributed by atoms with E-state index >= 15 is 0 Å². The fourth-order valence-corrected chi connectivity index (χ4v) is 1.89. The van der Waals surface area contributed by atoms with E-state index < -0.39 is 17.0 Å². The van der Waals surface area contributed by atoms with Gasteiger partial charge < -0.3 is 0 Å².